The largest absolute Gasteiger partial charge is 0.348 e. The molecule has 0 aliphatic rings. The van der Waals surface area contributed by atoms with Crippen LogP contribution in [-0.4, -0.2) is 36.9 Å². The van der Waals surface area contributed by atoms with E-state index < -0.39 is 0 Å². The Kier molecular flexibility index (Phi) is 7.78. The summed E-state index contributed by atoms with van der Waals surface area (Å²) in [5.41, 5.74) is 5.12. The van der Waals surface area contributed by atoms with Crippen LogP contribution < -0.4 is 10.6 Å². The fraction of sp³-hybridized carbons (Fsp3) is 0.364. The van der Waals surface area contributed by atoms with Gasteiger partial charge >= 0.3 is 0 Å². The van der Waals surface area contributed by atoms with Gasteiger partial charge in [-0.2, -0.15) is 0 Å². The standard InChI is InChI=1S/C22H28BrN3O2/c1-14-10-15(2)22(16(3)11-14)25-21(28)13-26(5)12-20(27)24-17(4)18-6-8-19(23)9-7-18/h6-11,17H,12-13H2,1-5H3,(H,24,27)(H,25,28). The number of nitrogens with zero attached hydrogens (tertiary/aromatic N) is 1. The van der Waals surface area contributed by atoms with Gasteiger partial charge in [-0.15, -0.1) is 0 Å². The quantitative estimate of drug-likeness (QED) is 0.673. The first-order chi connectivity index (χ1) is 13.2. The number of carbonyl (C=O) groups is 2. The van der Waals surface area contributed by atoms with E-state index in [2.05, 4.69) is 26.6 Å². The summed E-state index contributed by atoms with van der Waals surface area (Å²) in [6.45, 7) is 8.24. The van der Waals surface area contributed by atoms with Gasteiger partial charge in [0.15, 0.2) is 0 Å². The Balaban J connectivity index is 1.85. The lowest BCUT2D eigenvalue weighted by molar-refractivity contribution is -0.123. The number of hydrogen-bond acceptors (Lipinski definition) is 3. The molecular weight excluding hydrogens is 418 g/mol. The second kappa shape index (κ2) is 9.85. The average Bonchev–Trinajstić information content (AvgIpc) is 2.58. The van der Waals surface area contributed by atoms with Gasteiger partial charge in [-0.25, -0.2) is 0 Å². The monoisotopic (exact) mass is 445 g/mol. The summed E-state index contributed by atoms with van der Waals surface area (Å²) in [4.78, 5) is 26.4. The van der Waals surface area contributed by atoms with E-state index in [1.807, 2.05) is 64.1 Å². The molecule has 0 bridgehead atoms. The molecule has 0 fully saturated rings. The van der Waals surface area contributed by atoms with E-state index in [0.29, 0.717) is 0 Å². The van der Waals surface area contributed by atoms with Gasteiger partial charge in [0.05, 0.1) is 19.1 Å². The van der Waals surface area contributed by atoms with Crippen molar-refractivity contribution in [3.63, 3.8) is 0 Å². The summed E-state index contributed by atoms with van der Waals surface area (Å²) in [7, 11) is 1.76. The van der Waals surface area contributed by atoms with Crippen molar-refractivity contribution in [3.05, 3.63) is 63.1 Å². The van der Waals surface area contributed by atoms with Gasteiger partial charge in [-0.3, -0.25) is 14.5 Å². The Morgan fingerprint density at radius 1 is 1.00 bits per heavy atom. The van der Waals surface area contributed by atoms with Crippen molar-refractivity contribution < 1.29 is 9.59 Å². The number of aryl methyl sites for hydroxylation is 3. The van der Waals surface area contributed by atoms with E-state index in [0.717, 1.165) is 26.9 Å². The van der Waals surface area contributed by atoms with E-state index in [1.165, 1.54) is 5.56 Å². The summed E-state index contributed by atoms with van der Waals surface area (Å²) in [6, 6.07) is 11.8. The molecule has 0 spiro atoms. The molecule has 1 atom stereocenters. The molecule has 2 aromatic rings. The lowest BCUT2D eigenvalue weighted by atomic mass is 10.1. The van der Waals surface area contributed by atoms with Crippen molar-refractivity contribution in [1.82, 2.24) is 10.2 Å². The molecule has 2 rings (SSSR count). The molecule has 150 valence electrons. The van der Waals surface area contributed by atoms with Gasteiger partial charge < -0.3 is 10.6 Å². The molecule has 0 saturated heterocycles. The van der Waals surface area contributed by atoms with Crippen LogP contribution >= 0.6 is 15.9 Å². The third-order valence-corrected chi connectivity index (χ3v) is 5.04. The van der Waals surface area contributed by atoms with Gasteiger partial charge in [0, 0.05) is 10.2 Å². The molecule has 2 N–H and O–H groups in total. The van der Waals surface area contributed by atoms with Gasteiger partial charge in [0.1, 0.15) is 0 Å². The molecule has 6 heteroatoms. The molecular formula is C22H28BrN3O2. The van der Waals surface area contributed by atoms with Crippen LogP contribution in [0.25, 0.3) is 0 Å². The van der Waals surface area contributed by atoms with E-state index >= 15 is 0 Å². The fourth-order valence-corrected chi connectivity index (χ4v) is 3.49. The maximum Gasteiger partial charge on any atom is 0.238 e. The van der Waals surface area contributed by atoms with Crippen molar-refractivity contribution in [2.24, 2.45) is 0 Å². The smallest absolute Gasteiger partial charge is 0.238 e. The summed E-state index contributed by atoms with van der Waals surface area (Å²) in [5, 5.41) is 5.93. The molecule has 2 aromatic carbocycles. The van der Waals surface area contributed by atoms with Crippen LogP contribution in [0.1, 0.15) is 35.2 Å². The average molecular weight is 446 g/mol. The summed E-state index contributed by atoms with van der Waals surface area (Å²) in [6.07, 6.45) is 0. The van der Waals surface area contributed by atoms with Crippen LogP contribution in [0.15, 0.2) is 40.9 Å². The van der Waals surface area contributed by atoms with Crippen LogP contribution in [-0.2, 0) is 9.59 Å². The highest BCUT2D eigenvalue weighted by atomic mass is 79.9. The summed E-state index contributed by atoms with van der Waals surface area (Å²) in [5.74, 6) is -0.250. The fourth-order valence-electron chi connectivity index (χ4n) is 3.22. The Hall–Kier alpha value is -2.18. The number of likely N-dealkylation sites (N-methyl/N-ethyl adjacent to an activating group) is 1. The molecule has 0 radical (unpaired) electrons. The van der Waals surface area contributed by atoms with Gasteiger partial charge in [-0.1, -0.05) is 45.8 Å². The second-order valence-electron chi connectivity index (χ2n) is 7.33. The molecule has 0 saturated carbocycles. The lowest BCUT2D eigenvalue weighted by Crippen LogP contribution is -2.39. The maximum absolute atomic E-state index is 12.4. The van der Waals surface area contributed by atoms with E-state index in [-0.39, 0.29) is 30.9 Å². The van der Waals surface area contributed by atoms with Gasteiger partial charge in [-0.05, 0) is 63.6 Å². The first-order valence-corrected chi connectivity index (χ1v) is 10.1. The van der Waals surface area contributed by atoms with Crippen LogP contribution in [0.3, 0.4) is 0 Å². The number of halogens is 1. The first-order valence-electron chi connectivity index (χ1n) is 9.26. The number of benzene rings is 2. The Labute approximate surface area is 175 Å². The predicted molar refractivity (Wildman–Crippen MR) is 117 cm³/mol. The molecule has 1 unspecified atom stereocenters. The summed E-state index contributed by atoms with van der Waals surface area (Å²) >= 11 is 3.41. The van der Waals surface area contributed by atoms with Crippen molar-refractivity contribution in [3.8, 4) is 0 Å². The highest BCUT2D eigenvalue weighted by Gasteiger charge is 2.15. The predicted octanol–water partition coefficient (Wildman–Crippen LogP) is 4.12. The van der Waals surface area contributed by atoms with E-state index in [1.54, 1.807) is 11.9 Å². The molecule has 5 nitrogen and oxygen atoms in total. The SMILES string of the molecule is Cc1cc(C)c(NC(=O)CN(C)CC(=O)NC(C)c2ccc(Br)cc2)c(C)c1. The third kappa shape index (κ3) is 6.46. The lowest BCUT2D eigenvalue weighted by Gasteiger charge is -2.20. The Morgan fingerprint density at radius 3 is 2.11 bits per heavy atom. The number of hydrogen-bond donors (Lipinski definition) is 2. The van der Waals surface area contributed by atoms with Crippen LogP contribution in [0.2, 0.25) is 0 Å². The normalized spacial score (nSPS) is 12.0. The molecule has 28 heavy (non-hydrogen) atoms. The minimum absolute atomic E-state index is 0.0966. The zero-order valence-corrected chi connectivity index (χ0v) is 18.7. The highest BCUT2D eigenvalue weighted by Crippen LogP contribution is 2.21. The van der Waals surface area contributed by atoms with Gasteiger partial charge in [0.25, 0.3) is 0 Å². The van der Waals surface area contributed by atoms with Crippen LogP contribution in [0.5, 0.6) is 0 Å². The molecule has 0 aliphatic carbocycles. The van der Waals surface area contributed by atoms with E-state index in [4.69, 9.17) is 0 Å². The van der Waals surface area contributed by atoms with Crippen molar-refractivity contribution in [2.75, 3.05) is 25.5 Å². The summed E-state index contributed by atoms with van der Waals surface area (Å²) < 4.78 is 1.000. The minimum Gasteiger partial charge on any atom is -0.348 e. The first kappa shape index (κ1) is 22.1. The molecule has 0 aromatic heterocycles. The minimum atomic E-state index is -0.133. The highest BCUT2D eigenvalue weighted by molar-refractivity contribution is 9.10. The molecule has 0 aliphatic heterocycles. The molecule has 2 amide bonds. The van der Waals surface area contributed by atoms with E-state index in [9.17, 15) is 9.59 Å². The molecule has 0 heterocycles. The number of rotatable bonds is 7. The van der Waals surface area contributed by atoms with Crippen LogP contribution in [0, 0.1) is 20.8 Å². The van der Waals surface area contributed by atoms with Gasteiger partial charge in [0.2, 0.25) is 11.8 Å². The number of nitrogens with one attached hydrogen (secondary N) is 2. The van der Waals surface area contributed by atoms with Crippen molar-refractivity contribution in [2.45, 2.75) is 33.7 Å². The zero-order valence-electron chi connectivity index (χ0n) is 17.1. The Bertz CT molecular complexity index is 826. The third-order valence-electron chi connectivity index (χ3n) is 4.52. The van der Waals surface area contributed by atoms with Crippen LogP contribution in [0.4, 0.5) is 5.69 Å². The maximum atomic E-state index is 12.4. The zero-order chi connectivity index (χ0) is 20.8. The van der Waals surface area contributed by atoms with Crippen molar-refractivity contribution >= 4 is 33.4 Å². The number of amides is 2. The second-order valence-corrected chi connectivity index (χ2v) is 8.25. The Morgan fingerprint density at radius 2 is 1.54 bits per heavy atom. The van der Waals surface area contributed by atoms with Crippen molar-refractivity contribution in [1.29, 1.82) is 0 Å². The number of carbonyl (C=O) groups excluding carboxylic acids is 2. The topological polar surface area (TPSA) is 61.4 Å². The number of anilines is 1.